The smallest absolute Gasteiger partial charge is 0.333 e. The first-order chi connectivity index (χ1) is 6.50. The van der Waals surface area contributed by atoms with Crippen LogP contribution in [-0.2, 0) is 4.79 Å². The first-order valence-electron chi connectivity index (χ1n) is 3.80. The molecule has 5 nitrogen and oxygen atoms in total. The second-order valence-electron chi connectivity index (χ2n) is 2.63. The highest BCUT2D eigenvalue weighted by molar-refractivity contribution is 5.72. The fourth-order valence-electron chi connectivity index (χ4n) is 0.926. The minimum absolute atomic E-state index is 0.299. The summed E-state index contributed by atoms with van der Waals surface area (Å²) in [6, 6.07) is 0. The van der Waals surface area contributed by atoms with E-state index in [1.807, 2.05) is 0 Å². The van der Waals surface area contributed by atoms with E-state index in [0.29, 0.717) is 16.1 Å². The van der Waals surface area contributed by atoms with Crippen LogP contribution in [0.25, 0.3) is 0 Å². The monoisotopic (exact) mass is 205 g/mol. The highest BCUT2D eigenvalue weighted by atomic mass is 19.3. The number of hydrogen-bond donors (Lipinski definition) is 2. The molecule has 0 saturated carbocycles. The van der Waals surface area contributed by atoms with Gasteiger partial charge in [-0.25, -0.2) is 4.68 Å². The van der Waals surface area contributed by atoms with Crippen LogP contribution in [0.3, 0.4) is 0 Å². The van der Waals surface area contributed by atoms with Gasteiger partial charge in [0.05, 0.1) is 17.6 Å². The van der Waals surface area contributed by atoms with Crippen LogP contribution in [0.15, 0.2) is 6.20 Å². The molecule has 0 aliphatic rings. The number of hydrogen-bond acceptors (Lipinski definition) is 3. The molecule has 0 atom stereocenters. The maximum absolute atomic E-state index is 12.1. The molecule has 1 aromatic heterocycles. The van der Waals surface area contributed by atoms with Gasteiger partial charge in [-0.1, -0.05) is 0 Å². The van der Waals surface area contributed by atoms with Crippen LogP contribution in [0.5, 0.6) is 0 Å². The maximum atomic E-state index is 12.1. The molecule has 78 valence electrons. The van der Waals surface area contributed by atoms with Crippen molar-refractivity contribution in [3.8, 4) is 0 Å². The summed E-state index contributed by atoms with van der Waals surface area (Å²) in [5, 5.41) is 14.3. The van der Waals surface area contributed by atoms with Crippen molar-refractivity contribution < 1.29 is 18.7 Å². The van der Waals surface area contributed by atoms with Crippen LogP contribution >= 0.6 is 0 Å². The first kappa shape index (κ1) is 10.4. The summed E-state index contributed by atoms with van der Waals surface area (Å²) in [5.41, 5.74) is 0.638. The zero-order valence-corrected chi connectivity index (χ0v) is 7.37. The van der Waals surface area contributed by atoms with Crippen molar-refractivity contribution in [2.24, 2.45) is 0 Å². The third-order valence-corrected chi connectivity index (χ3v) is 1.55. The molecule has 0 aromatic carbocycles. The summed E-state index contributed by atoms with van der Waals surface area (Å²) in [5.74, 6) is -1.06. The molecule has 0 unspecified atom stereocenters. The van der Waals surface area contributed by atoms with Crippen LogP contribution in [0.4, 0.5) is 14.5 Å². The summed E-state index contributed by atoms with van der Waals surface area (Å²) < 4.78 is 24.7. The molecule has 7 heteroatoms. The van der Waals surface area contributed by atoms with Gasteiger partial charge >= 0.3 is 12.5 Å². The van der Waals surface area contributed by atoms with Gasteiger partial charge in [-0.3, -0.25) is 4.79 Å². The number of halogens is 2. The lowest BCUT2D eigenvalue weighted by Gasteiger charge is -1.98. The Bertz CT molecular complexity index is 338. The predicted octanol–water partition coefficient (Wildman–Crippen LogP) is 1.08. The molecular formula is C7H9F2N3O2. The molecule has 0 bridgehead atoms. The van der Waals surface area contributed by atoms with Crippen molar-refractivity contribution >= 4 is 11.7 Å². The van der Waals surface area contributed by atoms with E-state index < -0.39 is 12.5 Å². The van der Waals surface area contributed by atoms with E-state index in [1.165, 1.54) is 6.92 Å². The van der Waals surface area contributed by atoms with Crippen LogP contribution in [0.2, 0.25) is 0 Å². The third-order valence-electron chi connectivity index (χ3n) is 1.55. The minimum atomic E-state index is -2.71. The number of alkyl halides is 2. The Kier molecular flexibility index (Phi) is 3.00. The van der Waals surface area contributed by atoms with Crippen molar-refractivity contribution in [3.05, 3.63) is 11.9 Å². The van der Waals surface area contributed by atoms with Gasteiger partial charge < -0.3 is 10.4 Å². The highest BCUT2D eigenvalue weighted by Gasteiger charge is 2.11. The van der Waals surface area contributed by atoms with Gasteiger partial charge in [0.15, 0.2) is 0 Å². The second-order valence-corrected chi connectivity index (χ2v) is 2.63. The van der Waals surface area contributed by atoms with Crippen LogP contribution in [0, 0.1) is 6.92 Å². The van der Waals surface area contributed by atoms with Gasteiger partial charge in [0.2, 0.25) is 0 Å². The van der Waals surface area contributed by atoms with Gasteiger partial charge in [-0.05, 0) is 6.92 Å². The zero-order chi connectivity index (χ0) is 10.7. The largest absolute Gasteiger partial charge is 0.480 e. The number of aromatic nitrogens is 2. The molecule has 2 N–H and O–H groups in total. The average molecular weight is 205 g/mol. The molecule has 0 amide bonds. The van der Waals surface area contributed by atoms with Crippen molar-refractivity contribution in [1.82, 2.24) is 9.78 Å². The highest BCUT2D eigenvalue weighted by Crippen LogP contribution is 2.17. The molecular weight excluding hydrogens is 196 g/mol. The molecule has 0 saturated heterocycles. The Hall–Kier alpha value is -1.66. The quantitative estimate of drug-likeness (QED) is 0.771. The molecule has 1 rings (SSSR count). The Morgan fingerprint density at radius 2 is 2.43 bits per heavy atom. The van der Waals surface area contributed by atoms with Gasteiger partial charge in [0.25, 0.3) is 0 Å². The number of carboxylic acids is 1. The first-order valence-corrected chi connectivity index (χ1v) is 3.80. The number of aliphatic carboxylic acids is 1. The Morgan fingerprint density at radius 3 is 2.86 bits per heavy atom. The number of nitrogens with zero attached hydrogens (tertiary/aromatic N) is 2. The fourth-order valence-corrected chi connectivity index (χ4v) is 0.926. The van der Waals surface area contributed by atoms with E-state index in [1.54, 1.807) is 0 Å². The third kappa shape index (κ3) is 2.41. The van der Waals surface area contributed by atoms with Gasteiger partial charge in [0.1, 0.15) is 6.54 Å². The summed E-state index contributed by atoms with van der Waals surface area (Å²) in [7, 11) is 0. The number of anilines is 1. The Labute approximate surface area is 78.3 Å². The molecule has 0 aliphatic heterocycles. The van der Waals surface area contributed by atoms with Crippen molar-refractivity contribution in [2.45, 2.75) is 13.5 Å². The van der Waals surface area contributed by atoms with Gasteiger partial charge in [0, 0.05) is 0 Å². The molecule has 0 radical (unpaired) electrons. The van der Waals surface area contributed by atoms with E-state index in [0.717, 1.165) is 6.20 Å². The van der Waals surface area contributed by atoms with E-state index in [2.05, 4.69) is 10.4 Å². The summed E-state index contributed by atoms with van der Waals surface area (Å²) in [6.07, 6.45) is 1.07. The fraction of sp³-hybridized carbons (Fsp3) is 0.429. The SMILES string of the molecule is Cc1nn(C(F)F)cc1NCC(=O)O. The average Bonchev–Trinajstić information content (AvgIpc) is 2.43. The van der Waals surface area contributed by atoms with Crippen molar-refractivity contribution in [3.63, 3.8) is 0 Å². The minimum Gasteiger partial charge on any atom is -0.480 e. The number of aryl methyl sites for hydroxylation is 1. The molecule has 0 spiro atoms. The number of carbonyl (C=O) groups is 1. The van der Waals surface area contributed by atoms with Crippen molar-refractivity contribution in [2.75, 3.05) is 11.9 Å². The summed E-state index contributed by atoms with van der Waals surface area (Å²) >= 11 is 0. The Balaban J connectivity index is 2.72. The van der Waals surface area contributed by atoms with Gasteiger partial charge in [-0.2, -0.15) is 13.9 Å². The zero-order valence-electron chi connectivity index (χ0n) is 7.37. The molecule has 1 aromatic rings. The predicted molar refractivity (Wildman–Crippen MR) is 44.3 cm³/mol. The maximum Gasteiger partial charge on any atom is 0.333 e. The number of carboxylic acid groups (broad SMARTS) is 1. The lowest BCUT2D eigenvalue weighted by atomic mass is 10.4. The normalized spacial score (nSPS) is 10.6. The van der Waals surface area contributed by atoms with E-state index in [-0.39, 0.29) is 6.54 Å². The van der Waals surface area contributed by atoms with Gasteiger partial charge in [-0.15, -0.1) is 0 Å². The molecule has 0 fully saturated rings. The number of nitrogens with one attached hydrogen (secondary N) is 1. The van der Waals surface area contributed by atoms with Crippen LogP contribution in [-0.4, -0.2) is 27.4 Å². The lowest BCUT2D eigenvalue weighted by molar-refractivity contribution is -0.134. The standard InChI is InChI=1S/C7H9F2N3O2/c1-4-5(10-2-6(13)14)3-12(11-4)7(8)9/h3,7,10H,2H2,1H3,(H,13,14). The van der Waals surface area contributed by atoms with Crippen LogP contribution < -0.4 is 5.32 Å². The van der Waals surface area contributed by atoms with Crippen LogP contribution in [0.1, 0.15) is 12.2 Å². The Morgan fingerprint density at radius 1 is 1.79 bits per heavy atom. The van der Waals surface area contributed by atoms with E-state index in [9.17, 15) is 13.6 Å². The number of rotatable bonds is 4. The second kappa shape index (κ2) is 4.03. The van der Waals surface area contributed by atoms with Crippen molar-refractivity contribution in [1.29, 1.82) is 0 Å². The van der Waals surface area contributed by atoms with E-state index >= 15 is 0 Å². The molecule has 0 aliphatic carbocycles. The molecule has 1 heterocycles. The topological polar surface area (TPSA) is 67.2 Å². The lowest BCUT2D eigenvalue weighted by Crippen LogP contribution is -2.12. The van der Waals surface area contributed by atoms with E-state index in [4.69, 9.17) is 5.11 Å². The summed E-state index contributed by atoms with van der Waals surface area (Å²) in [6.45, 7) is -1.52. The molecule has 14 heavy (non-hydrogen) atoms. The summed E-state index contributed by atoms with van der Waals surface area (Å²) in [4.78, 5) is 10.2.